The van der Waals surface area contributed by atoms with Gasteiger partial charge in [0.05, 0.1) is 11.8 Å². The summed E-state index contributed by atoms with van der Waals surface area (Å²) in [6.07, 6.45) is 5.82. The fraction of sp³-hybridized carbons (Fsp3) is 0.304. The number of carbonyl (C=O) groups excluding carboxylic acids is 1. The Morgan fingerprint density at radius 2 is 2.17 bits per heavy atom. The van der Waals surface area contributed by atoms with Crippen LogP contribution < -0.4 is 5.48 Å². The molecule has 0 radical (unpaired) electrons. The van der Waals surface area contributed by atoms with Crippen molar-refractivity contribution in [1.29, 1.82) is 0 Å². The van der Waals surface area contributed by atoms with Crippen molar-refractivity contribution in [3.63, 3.8) is 0 Å². The van der Waals surface area contributed by atoms with Crippen LogP contribution in [-0.4, -0.2) is 49.8 Å². The third-order valence-electron chi connectivity index (χ3n) is 5.72. The lowest BCUT2D eigenvalue weighted by atomic mass is 10.0. The van der Waals surface area contributed by atoms with Gasteiger partial charge in [-0.1, -0.05) is 24.3 Å². The SMILES string of the molecule is Cc1[nH]c2ccccc2c1C[C@H]1C[C@@H](O)CN1Cc1ccc(/C=C/C(=O)NO)cn1. The van der Waals surface area contributed by atoms with Crippen LogP contribution in [0.2, 0.25) is 0 Å². The minimum absolute atomic E-state index is 0.243. The Kier molecular flexibility index (Phi) is 5.94. The van der Waals surface area contributed by atoms with E-state index in [4.69, 9.17) is 5.21 Å². The van der Waals surface area contributed by atoms with Gasteiger partial charge in [0.25, 0.3) is 5.91 Å². The number of H-pyrrole nitrogens is 1. The second-order valence-electron chi connectivity index (χ2n) is 7.84. The molecule has 4 N–H and O–H groups in total. The number of amides is 1. The van der Waals surface area contributed by atoms with E-state index in [1.165, 1.54) is 22.7 Å². The Balaban J connectivity index is 1.47. The highest BCUT2D eigenvalue weighted by Crippen LogP contribution is 2.29. The summed E-state index contributed by atoms with van der Waals surface area (Å²) >= 11 is 0. The van der Waals surface area contributed by atoms with Crippen molar-refractivity contribution in [3.05, 3.63) is 71.2 Å². The van der Waals surface area contributed by atoms with E-state index < -0.39 is 5.91 Å². The van der Waals surface area contributed by atoms with Gasteiger partial charge in [-0.2, -0.15) is 0 Å². The average Bonchev–Trinajstić information content (AvgIpc) is 3.26. The molecule has 1 aliphatic rings. The first kappa shape index (κ1) is 20.3. The molecule has 1 aromatic carbocycles. The molecular weight excluding hydrogens is 380 g/mol. The van der Waals surface area contributed by atoms with Crippen LogP contribution in [0.5, 0.6) is 0 Å². The molecule has 0 bridgehead atoms. The number of pyridine rings is 1. The van der Waals surface area contributed by atoms with Gasteiger partial charge in [-0.15, -0.1) is 0 Å². The first-order valence-corrected chi connectivity index (χ1v) is 10.1. The van der Waals surface area contributed by atoms with E-state index in [-0.39, 0.29) is 12.1 Å². The topological polar surface area (TPSA) is 101 Å². The average molecular weight is 406 g/mol. The molecule has 0 aliphatic carbocycles. The number of nitrogens with one attached hydrogen (secondary N) is 2. The number of fused-ring (bicyclic) bond motifs is 1. The lowest BCUT2D eigenvalue weighted by Gasteiger charge is -2.24. The molecule has 0 unspecified atom stereocenters. The summed E-state index contributed by atoms with van der Waals surface area (Å²) < 4.78 is 0. The van der Waals surface area contributed by atoms with Gasteiger partial charge in [-0.05, 0) is 49.1 Å². The molecule has 1 amide bonds. The monoisotopic (exact) mass is 406 g/mol. The van der Waals surface area contributed by atoms with Gasteiger partial charge in [-0.25, -0.2) is 5.48 Å². The van der Waals surface area contributed by atoms with E-state index in [0.717, 1.165) is 29.6 Å². The second kappa shape index (κ2) is 8.79. The van der Waals surface area contributed by atoms with Gasteiger partial charge in [0, 0.05) is 48.0 Å². The number of hydrogen-bond acceptors (Lipinski definition) is 5. The van der Waals surface area contributed by atoms with E-state index in [9.17, 15) is 9.90 Å². The summed E-state index contributed by atoms with van der Waals surface area (Å²) in [6, 6.07) is 12.4. The number of aliphatic hydroxyl groups excluding tert-OH is 1. The summed E-state index contributed by atoms with van der Waals surface area (Å²) in [5, 5.41) is 20.1. The quantitative estimate of drug-likeness (QED) is 0.286. The number of hydrogen-bond donors (Lipinski definition) is 4. The number of aromatic nitrogens is 2. The van der Waals surface area contributed by atoms with Crippen LogP contribution in [0, 0.1) is 6.92 Å². The van der Waals surface area contributed by atoms with Gasteiger partial charge in [0.1, 0.15) is 0 Å². The Hall–Kier alpha value is -3.00. The van der Waals surface area contributed by atoms with Crippen molar-refractivity contribution in [2.75, 3.05) is 6.54 Å². The number of aryl methyl sites for hydroxylation is 1. The number of carbonyl (C=O) groups is 1. The molecular formula is C23H26N4O3. The number of rotatable bonds is 6. The zero-order valence-corrected chi connectivity index (χ0v) is 16.9. The number of likely N-dealkylation sites (tertiary alicyclic amines) is 1. The first-order valence-electron chi connectivity index (χ1n) is 10.1. The summed E-state index contributed by atoms with van der Waals surface area (Å²) in [5.74, 6) is -0.583. The standard InChI is InChI=1S/C23H26N4O3/c1-15-21(20-4-2-3-5-22(20)25-15)11-18-10-19(28)14-27(18)13-17-8-6-16(12-24-17)7-9-23(29)26-30/h2-9,12,18-19,25,28,30H,10-11,13-14H2,1H3,(H,26,29)/b9-7+/t18-,19-/m1/s1. The first-order chi connectivity index (χ1) is 14.5. The summed E-state index contributed by atoms with van der Waals surface area (Å²) in [6.45, 7) is 3.40. The van der Waals surface area contributed by atoms with E-state index in [2.05, 4.69) is 40.0 Å². The third-order valence-corrected chi connectivity index (χ3v) is 5.72. The van der Waals surface area contributed by atoms with Crippen molar-refractivity contribution in [2.24, 2.45) is 0 Å². The van der Waals surface area contributed by atoms with Crippen molar-refractivity contribution >= 4 is 22.9 Å². The molecule has 156 valence electrons. The smallest absolute Gasteiger partial charge is 0.267 e. The van der Waals surface area contributed by atoms with Crippen molar-refractivity contribution in [1.82, 2.24) is 20.3 Å². The zero-order valence-electron chi connectivity index (χ0n) is 16.9. The van der Waals surface area contributed by atoms with Crippen LogP contribution in [0.15, 0.2) is 48.7 Å². The van der Waals surface area contributed by atoms with E-state index in [1.807, 2.05) is 18.2 Å². The fourth-order valence-electron chi connectivity index (χ4n) is 4.24. The van der Waals surface area contributed by atoms with E-state index in [1.54, 1.807) is 17.8 Å². The highest BCUT2D eigenvalue weighted by Gasteiger charge is 2.32. The summed E-state index contributed by atoms with van der Waals surface area (Å²) in [4.78, 5) is 21.3. The number of nitrogens with zero attached hydrogens (tertiary/aromatic N) is 2. The predicted octanol–water partition coefficient (Wildman–Crippen LogP) is 2.57. The molecule has 3 heterocycles. The van der Waals surface area contributed by atoms with Crippen molar-refractivity contribution in [2.45, 2.75) is 38.5 Å². The normalized spacial score (nSPS) is 19.7. The molecule has 7 heteroatoms. The lowest BCUT2D eigenvalue weighted by molar-refractivity contribution is -0.124. The van der Waals surface area contributed by atoms with Crippen LogP contribution in [0.3, 0.4) is 0 Å². The number of aromatic amines is 1. The molecule has 1 aliphatic heterocycles. The van der Waals surface area contributed by atoms with Crippen molar-refractivity contribution < 1.29 is 15.1 Å². The maximum absolute atomic E-state index is 11.1. The Labute approximate surface area is 175 Å². The molecule has 4 rings (SSSR count). The lowest BCUT2D eigenvalue weighted by Crippen LogP contribution is -2.31. The van der Waals surface area contributed by atoms with Gasteiger partial charge >= 0.3 is 0 Å². The minimum atomic E-state index is -0.583. The van der Waals surface area contributed by atoms with Crippen LogP contribution in [0.25, 0.3) is 17.0 Å². The molecule has 0 spiro atoms. The molecule has 1 fully saturated rings. The number of aliphatic hydroxyl groups is 1. The molecule has 1 saturated heterocycles. The van der Waals surface area contributed by atoms with Crippen LogP contribution in [0.4, 0.5) is 0 Å². The molecule has 0 saturated carbocycles. The fourth-order valence-corrected chi connectivity index (χ4v) is 4.24. The molecule has 2 atom stereocenters. The maximum Gasteiger partial charge on any atom is 0.267 e. The predicted molar refractivity (Wildman–Crippen MR) is 115 cm³/mol. The van der Waals surface area contributed by atoms with Gasteiger partial charge in [0.2, 0.25) is 0 Å². The van der Waals surface area contributed by atoms with E-state index in [0.29, 0.717) is 13.1 Å². The summed E-state index contributed by atoms with van der Waals surface area (Å²) in [5.41, 5.74) is 6.88. The van der Waals surface area contributed by atoms with Crippen LogP contribution in [-0.2, 0) is 17.8 Å². The molecule has 7 nitrogen and oxygen atoms in total. The van der Waals surface area contributed by atoms with Gasteiger partial charge < -0.3 is 10.1 Å². The molecule has 3 aromatic rings. The van der Waals surface area contributed by atoms with Crippen LogP contribution >= 0.6 is 0 Å². The van der Waals surface area contributed by atoms with E-state index >= 15 is 0 Å². The second-order valence-corrected chi connectivity index (χ2v) is 7.84. The Morgan fingerprint density at radius 3 is 2.93 bits per heavy atom. The highest BCUT2D eigenvalue weighted by atomic mass is 16.5. The number of β-amino-alcohol motifs (C(OH)–C–C–N with tert-alkyl or cyclic N) is 1. The molecule has 2 aromatic heterocycles. The minimum Gasteiger partial charge on any atom is -0.392 e. The van der Waals surface area contributed by atoms with Crippen molar-refractivity contribution in [3.8, 4) is 0 Å². The van der Waals surface area contributed by atoms with Gasteiger partial charge in [-0.3, -0.25) is 19.9 Å². The number of para-hydroxylation sites is 1. The molecule has 30 heavy (non-hydrogen) atoms. The largest absolute Gasteiger partial charge is 0.392 e. The maximum atomic E-state index is 11.1. The highest BCUT2D eigenvalue weighted by molar-refractivity contribution is 5.90. The zero-order chi connectivity index (χ0) is 21.1. The van der Waals surface area contributed by atoms with Crippen LogP contribution in [0.1, 0.15) is 28.9 Å². The Morgan fingerprint density at radius 1 is 1.33 bits per heavy atom. The number of hydroxylamine groups is 1. The summed E-state index contributed by atoms with van der Waals surface area (Å²) in [7, 11) is 0. The third kappa shape index (κ3) is 4.43. The number of benzene rings is 1. The Bertz CT molecular complexity index is 1060. The van der Waals surface area contributed by atoms with Gasteiger partial charge in [0.15, 0.2) is 0 Å².